The van der Waals surface area contributed by atoms with Crippen molar-refractivity contribution in [2.45, 2.75) is 19.3 Å². The predicted molar refractivity (Wildman–Crippen MR) is 222 cm³/mol. The van der Waals surface area contributed by atoms with Gasteiger partial charge in [-0.1, -0.05) is 159 Å². The fourth-order valence-electron chi connectivity index (χ4n) is 8.65. The Bertz CT molecular complexity index is 2720. The zero-order valence-corrected chi connectivity index (χ0v) is 29.3. The van der Waals surface area contributed by atoms with Gasteiger partial charge in [0.05, 0.1) is 0 Å². The first kappa shape index (κ1) is 30.4. The number of benzene rings is 9. The molecule has 0 radical (unpaired) electrons. The molecule has 0 aromatic heterocycles. The van der Waals surface area contributed by atoms with Gasteiger partial charge in [0.2, 0.25) is 0 Å². The molecule has 246 valence electrons. The maximum absolute atomic E-state index is 2.47. The van der Waals surface area contributed by atoms with Crippen molar-refractivity contribution < 1.29 is 0 Å². The second kappa shape index (κ2) is 11.8. The van der Waals surface area contributed by atoms with Gasteiger partial charge < -0.3 is 4.90 Å². The van der Waals surface area contributed by atoms with Gasteiger partial charge >= 0.3 is 0 Å². The largest absolute Gasteiger partial charge is 0.310 e. The van der Waals surface area contributed by atoms with Crippen LogP contribution in [0.3, 0.4) is 0 Å². The smallest absolute Gasteiger partial charge is 0.0473 e. The highest BCUT2D eigenvalue weighted by Gasteiger charge is 2.35. The maximum atomic E-state index is 2.47. The summed E-state index contributed by atoms with van der Waals surface area (Å²) in [5.41, 5.74) is 13.5. The lowest BCUT2D eigenvalue weighted by atomic mass is 9.82. The summed E-state index contributed by atoms with van der Waals surface area (Å²) in [6.45, 7) is 4.73. The van der Waals surface area contributed by atoms with Crippen LogP contribution in [0.5, 0.6) is 0 Å². The molecule has 0 aliphatic heterocycles. The van der Waals surface area contributed by atoms with Crippen LogP contribution >= 0.6 is 0 Å². The summed E-state index contributed by atoms with van der Waals surface area (Å²) in [5.74, 6) is 0. The van der Waals surface area contributed by atoms with E-state index in [4.69, 9.17) is 0 Å². The van der Waals surface area contributed by atoms with Crippen LogP contribution in [0.4, 0.5) is 17.1 Å². The van der Waals surface area contributed by atoms with Gasteiger partial charge in [0.25, 0.3) is 0 Å². The average molecular weight is 664 g/mol. The van der Waals surface area contributed by atoms with Crippen LogP contribution in [0.15, 0.2) is 188 Å². The lowest BCUT2D eigenvalue weighted by Gasteiger charge is -2.29. The summed E-state index contributed by atoms with van der Waals surface area (Å²) >= 11 is 0. The molecule has 0 atom stereocenters. The molecule has 1 heteroatoms. The summed E-state index contributed by atoms with van der Waals surface area (Å²) in [7, 11) is 0. The first-order valence-electron chi connectivity index (χ1n) is 18.2. The Labute approximate surface area is 305 Å². The van der Waals surface area contributed by atoms with Gasteiger partial charge in [0.15, 0.2) is 0 Å². The Balaban J connectivity index is 1.26. The summed E-state index contributed by atoms with van der Waals surface area (Å²) in [4.78, 5) is 2.47. The van der Waals surface area contributed by atoms with Crippen LogP contribution in [-0.4, -0.2) is 0 Å². The molecule has 1 nitrogen and oxygen atoms in total. The molecule has 0 saturated heterocycles. The molecule has 0 fully saturated rings. The lowest BCUT2D eigenvalue weighted by molar-refractivity contribution is 0.660. The highest BCUT2D eigenvalue weighted by molar-refractivity contribution is 6.25. The summed E-state index contributed by atoms with van der Waals surface area (Å²) in [6.07, 6.45) is 0. The molecule has 0 saturated carbocycles. The minimum atomic E-state index is -0.118. The normalized spacial score (nSPS) is 13.0. The van der Waals surface area contributed by atoms with Gasteiger partial charge in [-0.25, -0.2) is 0 Å². The molecule has 0 spiro atoms. The first-order chi connectivity index (χ1) is 25.5. The summed E-state index contributed by atoms with van der Waals surface area (Å²) < 4.78 is 0. The monoisotopic (exact) mass is 663 g/mol. The highest BCUT2D eigenvalue weighted by Crippen LogP contribution is 2.51. The van der Waals surface area contributed by atoms with Crippen LogP contribution in [-0.2, 0) is 5.41 Å². The fraction of sp³-hybridized carbons (Fsp3) is 0.0588. The van der Waals surface area contributed by atoms with Crippen molar-refractivity contribution in [1.29, 1.82) is 0 Å². The second-order valence-electron chi connectivity index (χ2n) is 14.6. The minimum Gasteiger partial charge on any atom is -0.310 e. The molecule has 0 unspecified atom stereocenters. The number of anilines is 3. The fourth-order valence-corrected chi connectivity index (χ4v) is 8.65. The SMILES string of the molecule is CC1(C)c2ccccc2-c2ccc(N(c3cc(-c4ccccc4)cc(-c4ccccc4)c3)c3ccc4c5ccccc5c5ccccc5c4c3)cc21. The van der Waals surface area contributed by atoms with Crippen LogP contribution < -0.4 is 4.90 Å². The third kappa shape index (κ3) is 4.77. The van der Waals surface area contributed by atoms with E-state index in [1.807, 2.05) is 0 Å². The average Bonchev–Trinajstić information content (AvgIpc) is 3.44. The third-order valence-electron chi connectivity index (χ3n) is 11.2. The van der Waals surface area contributed by atoms with Crippen molar-refractivity contribution in [2.75, 3.05) is 4.90 Å². The second-order valence-corrected chi connectivity index (χ2v) is 14.6. The van der Waals surface area contributed by atoms with Gasteiger partial charge in [-0.15, -0.1) is 0 Å². The van der Waals surface area contributed by atoms with Crippen molar-refractivity contribution in [3.8, 4) is 33.4 Å². The van der Waals surface area contributed by atoms with Crippen LogP contribution in [0.2, 0.25) is 0 Å². The maximum Gasteiger partial charge on any atom is 0.0473 e. The first-order valence-corrected chi connectivity index (χ1v) is 18.2. The van der Waals surface area contributed by atoms with E-state index in [1.165, 1.54) is 76.8 Å². The standard InChI is InChI=1S/C51H37N/c1-51(2)49-24-14-13-23-46(49)47-28-26-39(33-50(47)51)52(40-30-36(34-15-5-3-6-16-34)29-37(31-40)35-17-7-4-8-18-35)38-25-27-45-43-21-10-9-19-41(43)42-20-11-12-22-44(42)48(45)32-38/h3-33H,1-2H3. The van der Waals surface area contributed by atoms with Gasteiger partial charge in [-0.2, -0.15) is 0 Å². The minimum absolute atomic E-state index is 0.118. The van der Waals surface area contributed by atoms with Crippen molar-refractivity contribution >= 4 is 49.4 Å². The zero-order chi connectivity index (χ0) is 34.8. The number of nitrogens with zero attached hydrogens (tertiary/aromatic N) is 1. The van der Waals surface area contributed by atoms with Gasteiger partial charge in [-0.05, 0) is 119 Å². The molecule has 9 aromatic carbocycles. The van der Waals surface area contributed by atoms with E-state index in [2.05, 4.69) is 207 Å². The molecule has 1 aliphatic rings. The zero-order valence-electron chi connectivity index (χ0n) is 29.3. The summed E-state index contributed by atoms with van der Waals surface area (Å²) in [5, 5.41) is 7.65. The molecule has 0 N–H and O–H groups in total. The van der Waals surface area contributed by atoms with E-state index in [1.54, 1.807) is 0 Å². The van der Waals surface area contributed by atoms with Crippen LogP contribution in [0, 0.1) is 0 Å². The molecule has 10 rings (SSSR count). The molecule has 9 aromatic rings. The summed E-state index contributed by atoms with van der Waals surface area (Å²) in [6, 6.07) is 69.3. The van der Waals surface area contributed by atoms with E-state index in [9.17, 15) is 0 Å². The van der Waals surface area contributed by atoms with E-state index in [-0.39, 0.29) is 5.41 Å². The van der Waals surface area contributed by atoms with Crippen LogP contribution in [0.25, 0.3) is 65.7 Å². The van der Waals surface area contributed by atoms with Gasteiger partial charge in [0.1, 0.15) is 0 Å². The topological polar surface area (TPSA) is 3.24 Å². The molecule has 0 heterocycles. The Morgan fingerprint density at radius 3 is 1.38 bits per heavy atom. The number of fused-ring (bicyclic) bond motifs is 9. The molecule has 0 bridgehead atoms. The van der Waals surface area contributed by atoms with Gasteiger partial charge in [0, 0.05) is 22.5 Å². The quantitative estimate of drug-likeness (QED) is 0.166. The molecule has 1 aliphatic carbocycles. The Morgan fingerprint density at radius 2 is 0.769 bits per heavy atom. The van der Waals surface area contributed by atoms with E-state index >= 15 is 0 Å². The number of hydrogen-bond acceptors (Lipinski definition) is 1. The molecule has 52 heavy (non-hydrogen) atoms. The van der Waals surface area contributed by atoms with E-state index < -0.39 is 0 Å². The van der Waals surface area contributed by atoms with Crippen LogP contribution in [0.1, 0.15) is 25.0 Å². The number of rotatable bonds is 5. The van der Waals surface area contributed by atoms with Gasteiger partial charge in [-0.3, -0.25) is 0 Å². The van der Waals surface area contributed by atoms with Crippen molar-refractivity contribution in [3.05, 3.63) is 199 Å². The predicted octanol–water partition coefficient (Wildman–Crippen LogP) is 14.3. The Morgan fingerprint density at radius 1 is 0.308 bits per heavy atom. The van der Waals surface area contributed by atoms with E-state index in [0.717, 1.165) is 17.1 Å². The molecule has 0 amide bonds. The van der Waals surface area contributed by atoms with Crippen molar-refractivity contribution in [2.24, 2.45) is 0 Å². The lowest BCUT2D eigenvalue weighted by Crippen LogP contribution is -2.16. The highest BCUT2D eigenvalue weighted by atomic mass is 15.1. The Hall–Kier alpha value is -6.44. The number of hydrogen-bond donors (Lipinski definition) is 0. The third-order valence-corrected chi connectivity index (χ3v) is 11.2. The molecular formula is C51H37N. The van der Waals surface area contributed by atoms with Crippen molar-refractivity contribution in [3.63, 3.8) is 0 Å². The van der Waals surface area contributed by atoms with Crippen molar-refractivity contribution in [1.82, 2.24) is 0 Å². The van der Waals surface area contributed by atoms with E-state index in [0.29, 0.717) is 0 Å². The molecular weight excluding hydrogens is 627 g/mol. The Kier molecular flexibility index (Phi) is 6.91.